The van der Waals surface area contributed by atoms with Crippen LogP contribution in [-0.2, 0) is 32.0 Å². The number of H-pyrrole nitrogens is 1. The zero-order valence-corrected chi connectivity index (χ0v) is 23.6. The van der Waals surface area contributed by atoms with Gasteiger partial charge in [-0.05, 0) is 6.42 Å². The molecule has 2 aliphatic heterocycles. The molecule has 3 aliphatic rings. The van der Waals surface area contributed by atoms with E-state index < -0.39 is 69.5 Å². The van der Waals surface area contributed by atoms with Crippen LogP contribution in [-0.4, -0.2) is 83.2 Å². The summed E-state index contributed by atoms with van der Waals surface area (Å²) in [7, 11) is -4.85. The quantitative estimate of drug-likeness (QED) is 0.195. The molecule has 1 saturated carbocycles. The number of imidazole rings is 1. The highest BCUT2D eigenvalue weighted by atomic mass is 32.7. The predicted molar refractivity (Wildman–Crippen MR) is 140 cm³/mol. The fourth-order valence-electron chi connectivity index (χ4n) is 5.02. The van der Waals surface area contributed by atoms with Gasteiger partial charge in [-0.15, -0.1) is 0 Å². The Balaban J connectivity index is 1.28. The molecule has 3 fully saturated rings. The predicted octanol–water partition coefficient (Wildman–Crippen LogP) is 0.563. The van der Waals surface area contributed by atoms with Gasteiger partial charge in [-0.2, -0.15) is 4.98 Å². The van der Waals surface area contributed by atoms with Crippen molar-refractivity contribution in [2.45, 2.75) is 49.6 Å². The van der Waals surface area contributed by atoms with Crippen LogP contribution in [0.1, 0.15) is 19.1 Å². The molecule has 6 rings (SSSR count). The van der Waals surface area contributed by atoms with E-state index in [2.05, 4.69) is 37.2 Å². The van der Waals surface area contributed by atoms with Crippen LogP contribution in [0.2, 0.25) is 0 Å². The molecule has 0 spiro atoms. The number of nitrogens with two attached hydrogens (primary N) is 1. The van der Waals surface area contributed by atoms with Gasteiger partial charge in [0.1, 0.15) is 30.7 Å². The molecular formula is C20H25N7O11P2S. The Morgan fingerprint density at radius 1 is 1.17 bits per heavy atom. The van der Waals surface area contributed by atoms with E-state index in [4.69, 9.17) is 33.3 Å². The summed E-state index contributed by atoms with van der Waals surface area (Å²) in [4.78, 5) is 41.1. The summed E-state index contributed by atoms with van der Waals surface area (Å²) in [6, 6.07) is 1.56. The number of anilines is 1. The van der Waals surface area contributed by atoms with Crippen molar-refractivity contribution in [3.05, 3.63) is 35.3 Å². The smallest absolute Gasteiger partial charge is 0.472 e. The summed E-state index contributed by atoms with van der Waals surface area (Å²) in [5.74, 6) is -0.499. The number of phosphoric ester groups is 1. The number of nitrogen functional groups attached to an aromatic ring is 1. The molecule has 222 valence electrons. The number of phosphoric acid groups is 1. The van der Waals surface area contributed by atoms with Gasteiger partial charge in [0.2, 0.25) is 11.8 Å². The largest absolute Gasteiger partial charge is 0.474 e. The van der Waals surface area contributed by atoms with Crippen LogP contribution in [0.15, 0.2) is 29.7 Å². The number of ether oxygens (including phenoxy) is 2. The number of aromatic nitrogens is 6. The summed E-state index contributed by atoms with van der Waals surface area (Å²) in [6.07, 6.45) is -2.51. The maximum Gasteiger partial charge on any atom is 0.472 e. The van der Waals surface area contributed by atoms with Gasteiger partial charge in [0, 0.05) is 24.6 Å². The van der Waals surface area contributed by atoms with Crippen molar-refractivity contribution in [3.8, 4) is 5.88 Å². The lowest BCUT2D eigenvalue weighted by Crippen LogP contribution is -2.35. The van der Waals surface area contributed by atoms with E-state index in [1.807, 2.05) is 0 Å². The topological polar surface area (TPSA) is 245 Å². The minimum Gasteiger partial charge on any atom is -0.474 e. The van der Waals surface area contributed by atoms with E-state index in [-0.39, 0.29) is 36.6 Å². The number of thiol groups is 1. The first-order valence-corrected chi connectivity index (χ1v) is 16.5. The maximum absolute atomic E-state index is 13.2. The van der Waals surface area contributed by atoms with E-state index in [1.54, 1.807) is 6.07 Å². The maximum atomic E-state index is 13.2. The minimum atomic E-state index is -4.85. The Labute approximate surface area is 235 Å². The molecule has 9 atom stereocenters. The highest BCUT2D eigenvalue weighted by molar-refractivity contribution is 8.44. The molecule has 0 aromatic carbocycles. The Hall–Kier alpha value is -2.44. The fraction of sp³-hybridized carbons (Fsp3) is 0.550. The molecule has 41 heavy (non-hydrogen) atoms. The molecule has 1 unspecified atom stereocenters. The number of nitrogens with zero attached hydrogens (tertiary/aromatic N) is 5. The molecule has 2 saturated heterocycles. The normalized spacial score (nSPS) is 38.1. The van der Waals surface area contributed by atoms with E-state index in [9.17, 15) is 23.9 Å². The van der Waals surface area contributed by atoms with E-state index in [1.165, 1.54) is 23.4 Å². The third kappa shape index (κ3) is 6.06. The zero-order valence-electron chi connectivity index (χ0n) is 20.9. The average Bonchev–Trinajstić information content (AvgIpc) is 3.57. The first-order valence-electron chi connectivity index (χ1n) is 12.3. The number of nitrogens with one attached hydrogen (secondary N) is 1. The monoisotopic (exact) mass is 633 g/mol. The van der Waals surface area contributed by atoms with Gasteiger partial charge < -0.3 is 25.2 Å². The van der Waals surface area contributed by atoms with Crippen molar-refractivity contribution in [2.75, 3.05) is 18.9 Å². The molecule has 2 bridgehead atoms. The van der Waals surface area contributed by atoms with Crippen molar-refractivity contribution >= 4 is 44.0 Å². The van der Waals surface area contributed by atoms with Crippen molar-refractivity contribution in [3.63, 3.8) is 0 Å². The van der Waals surface area contributed by atoms with Crippen molar-refractivity contribution in [1.82, 2.24) is 29.5 Å². The van der Waals surface area contributed by atoms with Crippen LogP contribution in [0, 0.1) is 5.92 Å². The van der Waals surface area contributed by atoms with Crippen molar-refractivity contribution in [1.29, 1.82) is 0 Å². The van der Waals surface area contributed by atoms with Crippen molar-refractivity contribution in [2.24, 2.45) is 5.92 Å². The number of hydrogen-bond acceptors (Lipinski definition) is 15. The molecular weight excluding hydrogens is 608 g/mol. The third-order valence-corrected chi connectivity index (χ3v) is 9.47. The summed E-state index contributed by atoms with van der Waals surface area (Å²) < 4.78 is 61.1. The molecule has 5 N–H and O–H groups in total. The van der Waals surface area contributed by atoms with Gasteiger partial charge in [-0.25, -0.2) is 24.1 Å². The van der Waals surface area contributed by atoms with E-state index >= 15 is 0 Å². The molecule has 3 aromatic heterocycles. The standard InChI is InChI=1S/C20H25N7O11P2S/c21-20-25-17-14(18(29)26-20)24-8-27(17)19-16-15(28)12(36-19)6-34-40(32,41)37-11-4-10(35-13-1-2-22-7-23-13)3-9(11)5-33-39(30,31)38-16/h1-2,7-12,15-16,19,28H,3-6H2,(H,30,31)(H,32,41)(H3,21,25,26,29)/t9-,10-,11+,12-,15-,16-,19-,40+/m1/s1. The second-order valence-electron chi connectivity index (χ2n) is 9.59. The summed E-state index contributed by atoms with van der Waals surface area (Å²) in [6.45, 7) is -4.92. The van der Waals surface area contributed by atoms with Crippen LogP contribution < -0.4 is 16.0 Å². The molecule has 5 heterocycles. The molecule has 21 heteroatoms. The van der Waals surface area contributed by atoms with Gasteiger partial charge in [-0.3, -0.25) is 32.4 Å². The summed E-state index contributed by atoms with van der Waals surface area (Å²) in [5.41, 5.74) is 4.89. The lowest BCUT2D eigenvalue weighted by atomic mass is 10.1. The fourth-order valence-corrected chi connectivity index (χ4v) is 7.56. The summed E-state index contributed by atoms with van der Waals surface area (Å²) in [5, 5.41) is 11.0. The Morgan fingerprint density at radius 2 is 2.00 bits per heavy atom. The van der Waals surface area contributed by atoms with Crippen LogP contribution in [0.5, 0.6) is 5.88 Å². The molecule has 3 aromatic rings. The SMILES string of the molecule is Nc1nc2c(ncn2[C@@H]2O[C@@H]3CO[P@](=O)(S)O[C@H]4C[C@H](Oc5ccncn5)C[C@@H]4COP(=O)(O)O[C@@H]2[C@@H]3O)c(=O)[nH]1. The second kappa shape index (κ2) is 11.0. The van der Waals surface area contributed by atoms with Crippen LogP contribution in [0.3, 0.4) is 0 Å². The lowest BCUT2D eigenvalue weighted by molar-refractivity contribution is -0.0519. The van der Waals surface area contributed by atoms with E-state index in [0.29, 0.717) is 5.88 Å². The number of fused-ring (bicyclic) bond motifs is 4. The van der Waals surface area contributed by atoms with Gasteiger partial charge >= 0.3 is 14.6 Å². The minimum absolute atomic E-state index is 0.0415. The third-order valence-electron chi connectivity index (χ3n) is 6.84. The lowest BCUT2D eigenvalue weighted by Gasteiger charge is -2.26. The van der Waals surface area contributed by atoms with Gasteiger partial charge in [0.05, 0.1) is 25.6 Å². The second-order valence-corrected chi connectivity index (χ2v) is 13.9. The average molecular weight is 633 g/mol. The highest BCUT2D eigenvalue weighted by Gasteiger charge is 2.51. The first-order chi connectivity index (χ1) is 19.5. The van der Waals surface area contributed by atoms with Crippen LogP contribution in [0.4, 0.5) is 5.95 Å². The Kier molecular flexibility index (Phi) is 7.69. The first kappa shape index (κ1) is 28.7. The molecule has 18 nitrogen and oxygen atoms in total. The number of rotatable bonds is 3. The van der Waals surface area contributed by atoms with Gasteiger partial charge in [0.25, 0.3) is 5.56 Å². The summed E-state index contributed by atoms with van der Waals surface area (Å²) >= 11 is 4.09. The molecule has 0 radical (unpaired) electrons. The number of aliphatic hydroxyl groups is 1. The van der Waals surface area contributed by atoms with Crippen LogP contribution >= 0.6 is 26.9 Å². The number of hydrogen-bond donors (Lipinski definition) is 5. The number of aromatic amines is 1. The Morgan fingerprint density at radius 3 is 2.78 bits per heavy atom. The van der Waals surface area contributed by atoms with Gasteiger partial charge in [0.15, 0.2) is 17.4 Å². The Bertz CT molecular complexity index is 1580. The van der Waals surface area contributed by atoms with Crippen LogP contribution in [0.25, 0.3) is 11.2 Å². The zero-order chi connectivity index (χ0) is 28.9. The molecule has 0 amide bonds. The number of aliphatic hydroxyl groups excluding tert-OH is 1. The van der Waals surface area contributed by atoms with Crippen molar-refractivity contribution < 1.29 is 46.7 Å². The molecule has 1 aliphatic carbocycles. The van der Waals surface area contributed by atoms with E-state index in [0.717, 1.165) is 0 Å². The highest BCUT2D eigenvalue weighted by Crippen LogP contribution is 2.58. The van der Waals surface area contributed by atoms with Gasteiger partial charge in [-0.1, -0.05) is 12.2 Å².